The van der Waals surface area contributed by atoms with E-state index in [1.165, 1.54) is 47.6 Å². The van der Waals surface area contributed by atoms with Gasteiger partial charge >= 0.3 is 6.09 Å². The van der Waals surface area contributed by atoms with Crippen molar-refractivity contribution >= 4 is 50.9 Å². The van der Waals surface area contributed by atoms with Gasteiger partial charge in [0.1, 0.15) is 23.3 Å². The van der Waals surface area contributed by atoms with Gasteiger partial charge in [-0.05, 0) is 63.2 Å². The van der Waals surface area contributed by atoms with Crippen molar-refractivity contribution in [1.82, 2.24) is 14.9 Å². The highest BCUT2D eigenvalue weighted by molar-refractivity contribution is 7.90. The van der Waals surface area contributed by atoms with Gasteiger partial charge in [-0.15, -0.1) is 0 Å². The summed E-state index contributed by atoms with van der Waals surface area (Å²) in [5.74, 6) is -1.06. The third kappa shape index (κ3) is 7.95. The molecule has 12 nitrogen and oxygen atoms in total. The summed E-state index contributed by atoms with van der Waals surface area (Å²) in [5, 5.41) is 5.65. The molecule has 3 heterocycles. The molecule has 2 aromatic heterocycles. The number of hydrogen-bond donors (Lipinski definition) is 2. The number of carbonyl (C=O) groups is 3. The zero-order chi connectivity index (χ0) is 30.7. The standard InChI is InChI=1S/C28H30ClN5O7S/c1-28(2,3)41-27(37)34-13-11-18(16-34)40-22-14-19(42(4,38)39)8-9-20(22)25(35)32-21-6-5-12-30-24(21)26(36)33-23-10-7-17(29)15-31-23/h5-10,12,14-15,18H,11,13,16H2,1-4H3,(H,32,35)(H,31,33,36)/t18-/m0/s1. The molecule has 0 saturated carbocycles. The predicted octanol–water partition coefficient (Wildman–Crippen LogP) is 4.43. The first-order valence-electron chi connectivity index (χ1n) is 12.9. The number of amides is 3. The summed E-state index contributed by atoms with van der Waals surface area (Å²) < 4.78 is 36.0. The van der Waals surface area contributed by atoms with Crippen LogP contribution in [0.15, 0.2) is 59.8 Å². The van der Waals surface area contributed by atoms with Crippen molar-refractivity contribution in [2.24, 2.45) is 0 Å². The van der Waals surface area contributed by atoms with Gasteiger partial charge in [0.15, 0.2) is 15.5 Å². The number of nitrogens with one attached hydrogen (secondary N) is 2. The molecule has 42 heavy (non-hydrogen) atoms. The highest BCUT2D eigenvalue weighted by Crippen LogP contribution is 2.28. The second-order valence-corrected chi connectivity index (χ2v) is 13.0. The van der Waals surface area contributed by atoms with E-state index in [-0.39, 0.29) is 40.0 Å². The molecule has 1 aromatic carbocycles. The second kappa shape index (κ2) is 12.3. The van der Waals surface area contributed by atoms with Crippen LogP contribution >= 0.6 is 11.6 Å². The first-order valence-corrected chi connectivity index (χ1v) is 15.1. The number of benzene rings is 1. The van der Waals surface area contributed by atoms with Crippen molar-refractivity contribution in [3.63, 3.8) is 0 Å². The summed E-state index contributed by atoms with van der Waals surface area (Å²) in [6, 6.07) is 10.0. The zero-order valence-electron chi connectivity index (χ0n) is 23.4. The van der Waals surface area contributed by atoms with Crippen LogP contribution in [0.4, 0.5) is 16.3 Å². The Hall–Kier alpha value is -4.23. The summed E-state index contributed by atoms with van der Waals surface area (Å²) in [5.41, 5.74) is -0.628. The summed E-state index contributed by atoms with van der Waals surface area (Å²) >= 11 is 5.85. The fourth-order valence-electron chi connectivity index (χ4n) is 4.02. The van der Waals surface area contributed by atoms with Gasteiger partial charge in [0.2, 0.25) is 0 Å². The monoisotopic (exact) mass is 615 g/mol. The summed E-state index contributed by atoms with van der Waals surface area (Å²) in [6.07, 6.45) is 3.23. The molecule has 1 aliphatic rings. The SMILES string of the molecule is CC(C)(C)OC(=O)N1CC[C@H](Oc2cc(S(C)(=O)=O)ccc2C(=O)Nc2cccnc2C(=O)Nc2ccc(Cl)cn2)C1. The third-order valence-electron chi connectivity index (χ3n) is 5.96. The minimum atomic E-state index is -3.63. The fraction of sp³-hybridized carbons (Fsp3) is 0.321. The lowest BCUT2D eigenvalue weighted by atomic mass is 10.1. The molecule has 1 aliphatic heterocycles. The first kappa shape index (κ1) is 30.7. The minimum Gasteiger partial charge on any atom is -0.488 e. The molecule has 0 spiro atoms. The molecule has 1 atom stereocenters. The van der Waals surface area contributed by atoms with Gasteiger partial charge in [-0.25, -0.2) is 23.2 Å². The molecule has 0 bridgehead atoms. The number of ether oxygens (including phenoxy) is 2. The number of pyridine rings is 2. The highest BCUT2D eigenvalue weighted by atomic mass is 35.5. The van der Waals surface area contributed by atoms with E-state index in [0.717, 1.165) is 6.26 Å². The Morgan fingerprint density at radius 1 is 1.05 bits per heavy atom. The number of hydrogen-bond acceptors (Lipinski definition) is 9. The van der Waals surface area contributed by atoms with Gasteiger partial charge in [0, 0.05) is 31.6 Å². The van der Waals surface area contributed by atoms with Gasteiger partial charge in [-0.3, -0.25) is 9.59 Å². The van der Waals surface area contributed by atoms with E-state index < -0.39 is 39.4 Å². The molecule has 2 N–H and O–H groups in total. The van der Waals surface area contributed by atoms with Crippen molar-refractivity contribution < 1.29 is 32.3 Å². The lowest BCUT2D eigenvalue weighted by molar-refractivity contribution is 0.0275. The molecule has 3 amide bonds. The molecule has 3 aromatic rings. The van der Waals surface area contributed by atoms with Crippen molar-refractivity contribution in [2.75, 3.05) is 30.0 Å². The highest BCUT2D eigenvalue weighted by Gasteiger charge is 2.32. The third-order valence-corrected chi connectivity index (χ3v) is 7.29. The molecule has 1 fully saturated rings. The predicted molar refractivity (Wildman–Crippen MR) is 156 cm³/mol. The van der Waals surface area contributed by atoms with Crippen LogP contribution in [-0.4, -0.2) is 72.2 Å². The van der Waals surface area contributed by atoms with E-state index in [2.05, 4.69) is 20.6 Å². The van der Waals surface area contributed by atoms with Crippen LogP contribution in [0.1, 0.15) is 48.0 Å². The van der Waals surface area contributed by atoms with Crippen LogP contribution < -0.4 is 15.4 Å². The molecule has 0 aliphatic carbocycles. The van der Waals surface area contributed by atoms with Gasteiger partial charge in [-0.1, -0.05) is 11.6 Å². The Labute approximate surface area is 248 Å². The molecule has 222 valence electrons. The zero-order valence-corrected chi connectivity index (χ0v) is 25.0. The molecule has 0 radical (unpaired) electrons. The maximum absolute atomic E-state index is 13.5. The van der Waals surface area contributed by atoms with E-state index in [1.54, 1.807) is 32.9 Å². The molecule has 4 rings (SSSR count). The largest absolute Gasteiger partial charge is 0.488 e. The quantitative estimate of drug-likeness (QED) is 0.392. The average molecular weight is 616 g/mol. The molecule has 1 saturated heterocycles. The Kier molecular flexibility index (Phi) is 9.02. The molecular weight excluding hydrogens is 586 g/mol. The number of likely N-dealkylation sites (tertiary alicyclic amines) is 1. The Morgan fingerprint density at radius 3 is 2.48 bits per heavy atom. The molecule has 14 heteroatoms. The van der Waals surface area contributed by atoms with E-state index in [4.69, 9.17) is 21.1 Å². The maximum atomic E-state index is 13.5. The number of carbonyl (C=O) groups excluding carboxylic acids is 3. The Bertz CT molecular complexity index is 1610. The van der Waals surface area contributed by atoms with E-state index in [1.807, 2.05) is 0 Å². The lowest BCUT2D eigenvalue weighted by Crippen LogP contribution is -2.36. The van der Waals surface area contributed by atoms with Crippen molar-refractivity contribution in [2.45, 2.75) is 43.8 Å². The minimum absolute atomic E-state index is 0.00622. The van der Waals surface area contributed by atoms with Gasteiger partial charge in [0.25, 0.3) is 11.8 Å². The molecule has 0 unspecified atom stereocenters. The number of halogens is 1. The summed E-state index contributed by atoms with van der Waals surface area (Å²) in [4.78, 5) is 48.5. The summed E-state index contributed by atoms with van der Waals surface area (Å²) in [6.45, 7) is 5.85. The van der Waals surface area contributed by atoms with Gasteiger partial charge in [-0.2, -0.15) is 0 Å². The number of nitrogens with zero attached hydrogens (tertiary/aromatic N) is 3. The average Bonchev–Trinajstić information content (AvgIpc) is 3.37. The topological polar surface area (TPSA) is 157 Å². The second-order valence-electron chi connectivity index (χ2n) is 10.6. The van der Waals surface area contributed by atoms with Crippen LogP contribution in [0, 0.1) is 0 Å². The van der Waals surface area contributed by atoms with E-state index in [0.29, 0.717) is 18.0 Å². The number of sulfone groups is 1. The van der Waals surface area contributed by atoms with Crippen molar-refractivity contribution in [3.05, 3.63) is 71.1 Å². The van der Waals surface area contributed by atoms with Crippen LogP contribution in [0.25, 0.3) is 0 Å². The number of rotatable bonds is 7. The van der Waals surface area contributed by atoms with Crippen LogP contribution in [0.5, 0.6) is 5.75 Å². The smallest absolute Gasteiger partial charge is 0.410 e. The van der Waals surface area contributed by atoms with Gasteiger partial charge < -0.3 is 25.0 Å². The fourth-order valence-corrected chi connectivity index (χ4v) is 4.76. The van der Waals surface area contributed by atoms with Crippen LogP contribution in [-0.2, 0) is 14.6 Å². The maximum Gasteiger partial charge on any atom is 0.410 e. The first-order chi connectivity index (χ1) is 19.7. The van der Waals surface area contributed by atoms with E-state index in [9.17, 15) is 22.8 Å². The van der Waals surface area contributed by atoms with Crippen molar-refractivity contribution in [3.8, 4) is 5.75 Å². The Balaban J connectivity index is 1.56. The van der Waals surface area contributed by atoms with Crippen LogP contribution in [0.3, 0.4) is 0 Å². The van der Waals surface area contributed by atoms with Crippen molar-refractivity contribution in [1.29, 1.82) is 0 Å². The number of aromatic nitrogens is 2. The lowest BCUT2D eigenvalue weighted by Gasteiger charge is -2.24. The normalized spacial score (nSPS) is 15.2. The van der Waals surface area contributed by atoms with E-state index >= 15 is 0 Å². The Morgan fingerprint density at radius 2 is 1.81 bits per heavy atom. The van der Waals surface area contributed by atoms with Gasteiger partial charge in [0.05, 0.1) is 27.7 Å². The van der Waals surface area contributed by atoms with Crippen LogP contribution in [0.2, 0.25) is 5.02 Å². The molecular formula is C28H30ClN5O7S. The number of anilines is 2. The summed E-state index contributed by atoms with van der Waals surface area (Å²) in [7, 11) is -3.63.